The topological polar surface area (TPSA) is 60.8 Å². The van der Waals surface area contributed by atoms with Gasteiger partial charge >= 0.3 is 5.97 Å². The highest BCUT2D eigenvalue weighted by Gasteiger charge is 2.40. The summed E-state index contributed by atoms with van der Waals surface area (Å²) in [6.45, 7) is 7.27. The van der Waals surface area contributed by atoms with Gasteiger partial charge in [0.05, 0.1) is 0 Å². The summed E-state index contributed by atoms with van der Waals surface area (Å²) in [7, 11) is 0. The third-order valence-electron chi connectivity index (χ3n) is 3.68. The Balaban J connectivity index is 2.26. The molecule has 0 aromatic rings. The first-order chi connectivity index (χ1) is 8.03. The van der Waals surface area contributed by atoms with Crippen LogP contribution in [0.3, 0.4) is 0 Å². The van der Waals surface area contributed by atoms with Gasteiger partial charge in [-0.3, -0.25) is 0 Å². The molecule has 100 valence electrons. The van der Waals surface area contributed by atoms with Gasteiger partial charge < -0.3 is 15.1 Å². The second kappa shape index (κ2) is 6.36. The van der Waals surface area contributed by atoms with Crippen molar-refractivity contribution in [2.24, 2.45) is 5.41 Å². The quantitative estimate of drug-likeness (QED) is 0.681. The monoisotopic (exact) mass is 243 g/mol. The Morgan fingerprint density at radius 3 is 2.24 bits per heavy atom. The Labute approximate surface area is 104 Å². The van der Waals surface area contributed by atoms with Crippen molar-refractivity contribution in [1.82, 2.24) is 4.90 Å². The summed E-state index contributed by atoms with van der Waals surface area (Å²) in [5, 5.41) is 17.8. The number of likely N-dealkylation sites (tertiary alicyclic amines) is 1. The number of carbonyl (C=O) groups is 1. The SMILES string of the molecule is CCCC1(CCC)CN(CCC(O)C(=O)O)C1. The van der Waals surface area contributed by atoms with Crippen molar-refractivity contribution in [2.75, 3.05) is 19.6 Å². The Kier molecular flexibility index (Phi) is 5.40. The number of aliphatic hydroxyl groups excluding tert-OH is 1. The van der Waals surface area contributed by atoms with Crippen LogP contribution in [0.2, 0.25) is 0 Å². The number of nitrogens with zero attached hydrogens (tertiary/aromatic N) is 1. The average Bonchev–Trinajstić information content (AvgIpc) is 2.22. The smallest absolute Gasteiger partial charge is 0.332 e. The van der Waals surface area contributed by atoms with E-state index in [4.69, 9.17) is 5.11 Å². The zero-order chi connectivity index (χ0) is 12.9. The van der Waals surface area contributed by atoms with Crippen molar-refractivity contribution in [1.29, 1.82) is 0 Å². The second-order valence-electron chi connectivity index (χ2n) is 5.35. The lowest BCUT2D eigenvalue weighted by atomic mass is 9.72. The van der Waals surface area contributed by atoms with Gasteiger partial charge in [0.15, 0.2) is 6.10 Å². The lowest BCUT2D eigenvalue weighted by molar-refractivity contribution is -0.147. The molecule has 1 aliphatic heterocycles. The van der Waals surface area contributed by atoms with Crippen LogP contribution in [-0.2, 0) is 4.79 Å². The Hall–Kier alpha value is -0.610. The van der Waals surface area contributed by atoms with Gasteiger partial charge in [-0.05, 0) is 24.7 Å². The number of aliphatic carboxylic acids is 1. The van der Waals surface area contributed by atoms with E-state index in [1.165, 1.54) is 25.7 Å². The zero-order valence-corrected chi connectivity index (χ0v) is 11.0. The Morgan fingerprint density at radius 2 is 1.82 bits per heavy atom. The fraction of sp³-hybridized carbons (Fsp3) is 0.923. The highest BCUT2D eigenvalue weighted by Crippen LogP contribution is 2.39. The Bertz CT molecular complexity index is 241. The van der Waals surface area contributed by atoms with Gasteiger partial charge in [0.25, 0.3) is 0 Å². The maximum Gasteiger partial charge on any atom is 0.332 e. The molecular weight excluding hydrogens is 218 g/mol. The van der Waals surface area contributed by atoms with E-state index in [1.807, 2.05) is 0 Å². The van der Waals surface area contributed by atoms with Crippen molar-refractivity contribution < 1.29 is 15.0 Å². The molecule has 0 aromatic heterocycles. The average molecular weight is 243 g/mol. The molecule has 0 spiro atoms. The predicted molar refractivity (Wildman–Crippen MR) is 66.9 cm³/mol. The molecule has 1 saturated heterocycles. The maximum absolute atomic E-state index is 10.5. The summed E-state index contributed by atoms with van der Waals surface area (Å²) in [5.74, 6) is -1.11. The van der Waals surface area contributed by atoms with Crippen LogP contribution in [0.15, 0.2) is 0 Å². The molecular formula is C13H25NO3. The minimum absolute atomic E-state index is 0.337. The summed E-state index contributed by atoms with van der Waals surface area (Å²) in [5.41, 5.74) is 0.470. The van der Waals surface area contributed by atoms with Crippen LogP contribution in [0.1, 0.15) is 46.0 Å². The van der Waals surface area contributed by atoms with Crippen LogP contribution < -0.4 is 0 Å². The minimum atomic E-state index is -1.21. The molecule has 2 N–H and O–H groups in total. The van der Waals surface area contributed by atoms with Crippen LogP contribution >= 0.6 is 0 Å². The summed E-state index contributed by atoms with van der Waals surface area (Å²) in [6, 6.07) is 0. The van der Waals surface area contributed by atoms with Gasteiger partial charge in [0.2, 0.25) is 0 Å². The fourth-order valence-corrected chi connectivity index (χ4v) is 2.99. The molecule has 1 unspecified atom stereocenters. The first-order valence-corrected chi connectivity index (χ1v) is 6.66. The first kappa shape index (κ1) is 14.5. The third-order valence-corrected chi connectivity index (χ3v) is 3.68. The number of rotatable bonds is 8. The number of carboxylic acid groups (broad SMARTS) is 1. The summed E-state index contributed by atoms with van der Waals surface area (Å²) in [4.78, 5) is 12.7. The van der Waals surface area contributed by atoms with E-state index in [0.717, 1.165) is 13.1 Å². The summed E-state index contributed by atoms with van der Waals surface area (Å²) < 4.78 is 0. The van der Waals surface area contributed by atoms with Crippen molar-refractivity contribution in [3.63, 3.8) is 0 Å². The molecule has 4 heteroatoms. The molecule has 1 atom stereocenters. The van der Waals surface area contributed by atoms with E-state index < -0.39 is 12.1 Å². The number of carboxylic acids is 1. The van der Waals surface area contributed by atoms with Gasteiger partial charge in [0.1, 0.15) is 0 Å². The predicted octanol–water partition coefficient (Wildman–Crippen LogP) is 1.72. The van der Waals surface area contributed by atoms with Crippen LogP contribution in [0, 0.1) is 5.41 Å². The van der Waals surface area contributed by atoms with E-state index >= 15 is 0 Å². The van der Waals surface area contributed by atoms with Crippen molar-refractivity contribution in [3.05, 3.63) is 0 Å². The van der Waals surface area contributed by atoms with Crippen LogP contribution in [-0.4, -0.2) is 46.8 Å². The van der Waals surface area contributed by atoms with Crippen LogP contribution in [0.25, 0.3) is 0 Å². The normalized spacial score (nSPS) is 20.9. The van der Waals surface area contributed by atoms with Crippen molar-refractivity contribution in [3.8, 4) is 0 Å². The van der Waals surface area contributed by atoms with E-state index in [2.05, 4.69) is 18.7 Å². The maximum atomic E-state index is 10.5. The standard InChI is InChI=1S/C13H25NO3/c1-3-6-13(7-4-2)9-14(10-13)8-5-11(15)12(16)17/h11,15H,3-10H2,1-2H3,(H,16,17). The molecule has 0 radical (unpaired) electrons. The van der Waals surface area contributed by atoms with Crippen LogP contribution in [0.4, 0.5) is 0 Å². The molecule has 1 heterocycles. The number of aliphatic hydroxyl groups is 1. The molecule has 4 nitrogen and oxygen atoms in total. The van der Waals surface area contributed by atoms with Gasteiger partial charge in [-0.2, -0.15) is 0 Å². The van der Waals surface area contributed by atoms with Gasteiger partial charge in [-0.25, -0.2) is 4.79 Å². The molecule has 0 saturated carbocycles. The molecule has 17 heavy (non-hydrogen) atoms. The first-order valence-electron chi connectivity index (χ1n) is 6.66. The molecule has 0 aromatic carbocycles. The molecule has 1 aliphatic rings. The fourth-order valence-electron chi connectivity index (χ4n) is 2.99. The van der Waals surface area contributed by atoms with Gasteiger partial charge in [-0.1, -0.05) is 26.7 Å². The number of hydrogen-bond donors (Lipinski definition) is 2. The number of hydrogen-bond acceptors (Lipinski definition) is 3. The van der Waals surface area contributed by atoms with Gasteiger partial charge in [0, 0.05) is 19.6 Å². The zero-order valence-electron chi connectivity index (χ0n) is 11.0. The van der Waals surface area contributed by atoms with E-state index in [-0.39, 0.29) is 0 Å². The molecule has 0 bridgehead atoms. The largest absolute Gasteiger partial charge is 0.479 e. The molecule has 0 aliphatic carbocycles. The molecule has 0 amide bonds. The van der Waals surface area contributed by atoms with E-state index in [1.54, 1.807) is 0 Å². The lowest BCUT2D eigenvalue weighted by Crippen LogP contribution is -2.56. The van der Waals surface area contributed by atoms with Crippen LogP contribution in [0.5, 0.6) is 0 Å². The lowest BCUT2D eigenvalue weighted by Gasteiger charge is -2.51. The highest BCUT2D eigenvalue weighted by molar-refractivity contribution is 5.71. The molecule has 1 rings (SSSR count). The van der Waals surface area contributed by atoms with Gasteiger partial charge in [-0.15, -0.1) is 0 Å². The summed E-state index contributed by atoms with van der Waals surface area (Å²) in [6.07, 6.45) is 4.08. The van der Waals surface area contributed by atoms with E-state index in [0.29, 0.717) is 18.4 Å². The minimum Gasteiger partial charge on any atom is -0.479 e. The highest BCUT2D eigenvalue weighted by atomic mass is 16.4. The molecule has 1 fully saturated rings. The van der Waals surface area contributed by atoms with Crippen molar-refractivity contribution in [2.45, 2.75) is 52.1 Å². The van der Waals surface area contributed by atoms with E-state index in [9.17, 15) is 9.90 Å². The summed E-state index contributed by atoms with van der Waals surface area (Å²) >= 11 is 0. The van der Waals surface area contributed by atoms with Crippen molar-refractivity contribution >= 4 is 5.97 Å². The third kappa shape index (κ3) is 3.96. The second-order valence-corrected chi connectivity index (χ2v) is 5.35. The Morgan fingerprint density at radius 1 is 1.29 bits per heavy atom.